The first kappa shape index (κ1) is 12.9. The monoisotopic (exact) mass is 331 g/mol. The Hall–Kier alpha value is -2.14. The van der Waals surface area contributed by atoms with E-state index in [-0.39, 0.29) is 5.82 Å². The number of hydrogen-bond acceptors (Lipinski definition) is 3. The third kappa shape index (κ3) is 2.32. The lowest BCUT2D eigenvalue weighted by atomic mass is 10.1. The largest absolute Gasteiger partial charge is 0.398 e. The smallest absolute Gasteiger partial charge is 0.137 e. The molecule has 0 saturated carbocycles. The van der Waals surface area contributed by atoms with Crippen molar-refractivity contribution in [2.24, 2.45) is 0 Å². The normalized spacial score (nSPS) is 10.7. The fourth-order valence-electron chi connectivity index (χ4n) is 2.02. The van der Waals surface area contributed by atoms with E-state index in [4.69, 9.17) is 5.73 Å². The summed E-state index contributed by atoms with van der Waals surface area (Å²) in [5.74, 6) is -0.296. The van der Waals surface area contributed by atoms with E-state index >= 15 is 0 Å². The van der Waals surface area contributed by atoms with Crippen molar-refractivity contribution in [2.45, 2.75) is 0 Å². The van der Waals surface area contributed by atoms with E-state index in [1.165, 1.54) is 6.07 Å². The van der Waals surface area contributed by atoms with Crippen LogP contribution in [0.3, 0.4) is 0 Å². The van der Waals surface area contributed by atoms with E-state index in [0.29, 0.717) is 10.2 Å². The molecule has 3 nitrogen and oxygen atoms in total. The molecule has 100 valence electrons. The molecule has 0 atom stereocenters. The fraction of sp³-hybridized carbons (Fsp3) is 0. The van der Waals surface area contributed by atoms with Gasteiger partial charge in [-0.05, 0) is 58.4 Å². The second kappa shape index (κ2) is 5.09. The van der Waals surface area contributed by atoms with Crippen molar-refractivity contribution in [1.29, 1.82) is 0 Å². The number of pyridine rings is 1. The predicted molar refractivity (Wildman–Crippen MR) is 83.5 cm³/mol. The van der Waals surface area contributed by atoms with E-state index < -0.39 is 0 Å². The number of nitrogens with two attached hydrogens (primary N) is 1. The number of anilines is 3. The molecule has 1 heterocycles. The number of benzene rings is 2. The maximum atomic E-state index is 13.2. The van der Waals surface area contributed by atoms with E-state index in [9.17, 15) is 4.39 Å². The number of aromatic nitrogens is 1. The Morgan fingerprint density at radius 3 is 2.80 bits per heavy atom. The van der Waals surface area contributed by atoms with Gasteiger partial charge in [-0.2, -0.15) is 0 Å². The lowest BCUT2D eigenvalue weighted by Gasteiger charge is -2.11. The molecular formula is C15H11BrFN3. The second-order valence-electron chi connectivity index (χ2n) is 4.36. The fourth-order valence-corrected chi connectivity index (χ4v) is 2.40. The van der Waals surface area contributed by atoms with Crippen molar-refractivity contribution >= 4 is 43.9 Å². The zero-order valence-electron chi connectivity index (χ0n) is 10.4. The molecule has 2 aromatic carbocycles. The van der Waals surface area contributed by atoms with Crippen LogP contribution in [0.1, 0.15) is 0 Å². The number of fused-ring (bicyclic) bond motifs is 1. The summed E-state index contributed by atoms with van der Waals surface area (Å²) in [4.78, 5) is 4.35. The van der Waals surface area contributed by atoms with Gasteiger partial charge in [0.15, 0.2) is 0 Å². The predicted octanol–water partition coefficient (Wildman–Crippen LogP) is 4.46. The number of halogens is 2. The van der Waals surface area contributed by atoms with Gasteiger partial charge in [0.25, 0.3) is 0 Å². The van der Waals surface area contributed by atoms with Gasteiger partial charge in [0.1, 0.15) is 5.82 Å². The van der Waals surface area contributed by atoms with Gasteiger partial charge in [-0.3, -0.25) is 4.98 Å². The molecule has 0 aliphatic rings. The van der Waals surface area contributed by atoms with E-state index in [2.05, 4.69) is 26.2 Å². The van der Waals surface area contributed by atoms with Crippen LogP contribution in [0.25, 0.3) is 10.9 Å². The molecule has 20 heavy (non-hydrogen) atoms. The van der Waals surface area contributed by atoms with Crippen molar-refractivity contribution in [3.8, 4) is 0 Å². The summed E-state index contributed by atoms with van der Waals surface area (Å²) in [6.45, 7) is 0. The van der Waals surface area contributed by atoms with Crippen molar-refractivity contribution in [1.82, 2.24) is 4.98 Å². The van der Waals surface area contributed by atoms with Crippen LogP contribution in [-0.4, -0.2) is 4.98 Å². The zero-order chi connectivity index (χ0) is 14.1. The first-order valence-electron chi connectivity index (χ1n) is 6.00. The Bertz CT molecular complexity index is 789. The van der Waals surface area contributed by atoms with Crippen molar-refractivity contribution in [2.75, 3.05) is 11.1 Å². The second-order valence-corrected chi connectivity index (χ2v) is 5.21. The Morgan fingerprint density at radius 1 is 1.15 bits per heavy atom. The van der Waals surface area contributed by atoms with Crippen LogP contribution in [0.5, 0.6) is 0 Å². The maximum absolute atomic E-state index is 13.2. The van der Waals surface area contributed by atoms with Crippen LogP contribution in [0.2, 0.25) is 0 Å². The van der Waals surface area contributed by atoms with Gasteiger partial charge >= 0.3 is 0 Å². The molecule has 3 aromatic rings. The van der Waals surface area contributed by atoms with Crippen LogP contribution in [0, 0.1) is 5.82 Å². The highest BCUT2D eigenvalue weighted by molar-refractivity contribution is 9.10. The zero-order valence-corrected chi connectivity index (χ0v) is 12.0. The van der Waals surface area contributed by atoms with Crippen LogP contribution < -0.4 is 11.1 Å². The van der Waals surface area contributed by atoms with Gasteiger partial charge in [0.05, 0.1) is 15.7 Å². The van der Waals surface area contributed by atoms with Gasteiger partial charge in [-0.1, -0.05) is 0 Å². The highest BCUT2D eigenvalue weighted by Crippen LogP contribution is 2.29. The molecule has 0 radical (unpaired) electrons. The van der Waals surface area contributed by atoms with Crippen molar-refractivity contribution < 1.29 is 4.39 Å². The number of rotatable bonds is 2. The highest BCUT2D eigenvalue weighted by Gasteiger charge is 2.06. The van der Waals surface area contributed by atoms with E-state index in [1.807, 2.05) is 24.3 Å². The average molecular weight is 332 g/mol. The van der Waals surface area contributed by atoms with Gasteiger partial charge in [-0.15, -0.1) is 0 Å². The Balaban J connectivity index is 2.06. The standard InChI is InChI=1S/C15H11BrFN3/c16-11-8-9(3-4-12(11)17)20-14-6-5-13(18)10-2-1-7-19-15(10)14/h1-8,20H,18H2. The average Bonchev–Trinajstić information content (AvgIpc) is 2.46. The molecule has 0 aliphatic heterocycles. The first-order valence-corrected chi connectivity index (χ1v) is 6.80. The van der Waals surface area contributed by atoms with Crippen LogP contribution in [-0.2, 0) is 0 Å². The molecule has 3 N–H and O–H groups in total. The molecule has 3 rings (SSSR count). The third-order valence-electron chi connectivity index (χ3n) is 3.00. The summed E-state index contributed by atoms with van der Waals surface area (Å²) in [5.41, 5.74) is 9.00. The molecule has 0 bridgehead atoms. The van der Waals surface area contributed by atoms with Crippen molar-refractivity contribution in [3.05, 3.63) is 59.0 Å². The summed E-state index contributed by atoms with van der Waals surface area (Å²) in [5, 5.41) is 4.12. The lowest BCUT2D eigenvalue weighted by Crippen LogP contribution is -1.96. The SMILES string of the molecule is Nc1ccc(Nc2ccc(F)c(Br)c2)c2ncccc12. The number of nitrogens with zero attached hydrogens (tertiary/aromatic N) is 1. The summed E-state index contributed by atoms with van der Waals surface area (Å²) in [6, 6.07) is 12.2. The minimum Gasteiger partial charge on any atom is -0.398 e. The van der Waals surface area contributed by atoms with Gasteiger partial charge in [0, 0.05) is 23.0 Å². The molecule has 0 unspecified atom stereocenters. The quantitative estimate of drug-likeness (QED) is 0.681. The molecule has 1 aromatic heterocycles. The molecule has 5 heteroatoms. The maximum Gasteiger partial charge on any atom is 0.137 e. The highest BCUT2D eigenvalue weighted by atomic mass is 79.9. The van der Waals surface area contributed by atoms with Gasteiger partial charge < -0.3 is 11.1 Å². The molecule has 0 spiro atoms. The van der Waals surface area contributed by atoms with Gasteiger partial charge in [-0.25, -0.2) is 4.39 Å². The summed E-state index contributed by atoms with van der Waals surface area (Å²) in [7, 11) is 0. The summed E-state index contributed by atoms with van der Waals surface area (Å²) in [6.07, 6.45) is 1.72. The summed E-state index contributed by atoms with van der Waals surface area (Å²) < 4.78 is 13.7. The number of hydrogen-bond donors (Lipinski definition) is 2. The third-order valence-corrected chi connectivity index (χ3v) is 3.61. The van der Waals surface area contributed by atoms with Crippen LogP contribution >= 0.6 is 15.9 Å². The van der Waals surface area contributed by atoms with Gasteiger partial charge in [0.2, 0.25) is 0 Å². The Morgan fingerprint density at radius 2 is 2.00 bits per heavy atom. The van der Waals surface area contributed by atoms with Crippen molar-refractivity contribution in [3.63, 3.8) is 0 Å². The molecule has 0 aliphatic carbocycles. The minimum atomic E-state index is -0.296. The first-order chi connectivity index (χ1) is 9.65. The number of nitrogens with one attached hydrogen (secondary N) is 1. The minimum absolute atomic E-state index is 0.296. The Labute approximate surface area is 123 Å². The van der Waals surface area contributed by atoms with E-state index in [0.717, 1.165) is 22.3 Å². The molecule has 0 fully saturated rings. The summed E-state index contributed by atoms with van der Waals surface area (Å²) >= 11 is 3.17. The molecule has 0 saturated heterocycles. The Kier molecular flexibility index (Phi) is 3.28. The number of nitrogen functional groups attached to an aromatic ring is 1. The lowest BCUT2D eigenvalue weighted by molar-refractivity contribution is 0.621. The molecule has 0 amide bonds. The van der Waals surface area contributed by atoms with E-state index in [1.54, 1.807) is 18.3 Å². The topological polar surface area (TPSA) is 50.9 Å². The van der Waals surface area contributed by atoms with Crippen LogP contribution in [0.15, 0.2) is 53.1 Å². The van der Waals surface area contributed by atoms with Crippen LogP contribution in [0.4, 0.5) is 21.5 Å². The molecular weight excluding hydrogens is 321 g/mol.